The molecule has 0 aliphatic carbocycles. The Hall–Kier alpha value is -1.94. The van der Waals surface area contributed by atoms with Crippen LogP contribution in [0.2, 0.25) is 5.02 Å². The van der Waals surface area contributed by atoms with Crippen molar-refractivity contribution in [3.8, 4) is 6.07 Å². The minimum absolute atomic E-state index is 0.288. The number of amides is 1. The Kier molecular flexibility index (Phi) is 3.88. The first-order valence-corrected chi connectivity index (χ1v) is 7.56. The van der Waals surface area contributed by atoms with Gasteiger partial charge in [-0.25, -0.2) is 0 Å². The van der Waals surface area contributed by atoms with Crippen LogP contribution in [0.4, 0.5) is 5.00 Å². The molecule has 1 aliphatic rings. The molecule has 1 aliphatic heterocycles. The molecule has 2 aromatic heterocycles. The van der Waals surface area contributed by atoms with Crippen molar-refractivity contribution >= 4 is 33.8 Å². The van der Waals surface area contributed by atoms with E-state index in [1.165, 1.54) is 23.7 Å². The van der Waals surface area contributed by atoms with E-state index in [0.717, 1.165) is 30.0 Å². The second kappa shape index (κ2) is 5.82. The molecule has 7 heteroatoms. The zero-order valence-electron chi connectivity index (χ0n) is 10.9. The predicted octanol–water partition coefficient (Wildman–Crippen LogP) is 2.57. The summed E-state index contributed by atoms with van der Waals surface area (Å²) in [6.45, 7) is 1.59. The number of thiophene rings is 1. The fourth-order valence-electron chi connectivity index (χ4n) is 2.27. The molecule has 2 aromatic rings. The van der Waals surface area contributed by atoms with Crippen molar-refractivity contribution in [1.82, 2.24) is 10.3 Å². The minimum Gasteiger partial charge on any atom is -0.312 e. The summed E-state index contributed by atoms with van der Waals surface area (Å²) >= 11 is 7.40. The van der Waals surface area contributed by atoms with Crippen molar-refractivity contribution < 1.29 is 4.79 Å². The van der Waals surface area contributed by atoms with E-state index in [-0.39, 0.29) is 10.9 Å². The summed E-state index contributed by atoms with van der Waals surface area (Å²) in [6, 6.07) is 3.75. The molecule has 3 heterocycles. The first kappa shape index (κ1) is 14.0. The van der Waals surface area contributed by atoms with E-state index >= 15 is 0 Å². The van der Waals surface area contributed by atoms with Crippen LogP contribution in [-0.4, -0.2) is 17.4 Å². The maximum absolute atomic E-state index is 12.3. The Labute approximate surface area is 130 Å². The van der Waals surface area contributed by atoms with Crippen LogP contribution in [0.1, 0.15) is 26.4 Å². The van der Waals surface area contributed by atoms with E-state index in [9.17, 15) is 10.1 Å². The maximum Gasteiger partial charge on any atom is 0.257 e. The number of carbonyl (C=O) groups is 1. The van der Waals surface area contributed by atoms with Gasteiger partial charge in [-0.3, -0.25) is 9.78 Å². The van der Waals surface area contributed by atoms with E-state index in [1.807, 2.05) is 0 Å². The Morgan fingerprint density at radius 1 is 1.57 bits per heavy atom. The zero-order chi connectivity index (χ0) is 14.8. The molecular formula is C14H11ClN4OS. The summed E-state index contributed by atoms with van der Waals surface area (Å²) in [5, 5.41) is 16.3. The Balaban J connectivity index is 1.92. The van der Waals surface area contributed by atoms with Gasteiger partial charge in [-0.1, -0.05) is 11.6 Å². The van der Waals surface area contributed by atoms with Gasteiger partial charge in [0, 0.05) is 23.8 Å². The SMILES string of the molecule is N#Cc1c(NC(=O)c2ccncc2Cl)sc2c1CCNC2. The lowest BCUT2D eigenvalue weighted by atomic mass is 10.1. The van der Waals surface area contributed by atoms with Gasteiger partial charge in [0.1, 0.15) is 11.1 Å². The van der Waals surface area contributed by atoms with Crippen LogP contribution < -0.4 is 10.6 Å². The molecule has 0 radical (unpaired) electrons. The molecule has 0 atom stereocenters. The summed E-state index contributed by atoms with van der Waals surface area (Å²) in [6.07, 6.45) is 3.74. The number of aromatic nitrogens is 1. The number of hydrogen-bond donors (Lipinski definition) is 2. The fraction of sp³-hybridized carbons (Fsp3) is 0.214. The number of pyridine rings is 1. The van der Waals surface area contributed by atoms with Gasteiger partial charge in [-0.15, -0.1) is 11.3 Å². The molecule has 1 amide bonds. The Bertz CT molecular complexity index is 750. The van der Waals surface area contributed by atoms with Gasteiger partial charge in [-0.05, 0) is 24.6 Å². The average Bonchev–Trinajstić information content (AvgIpc) is 2.84. The lowest BCUT2D eigenvalue weighted by Gasteiger charge is -2.11. The standard InChI is InChI=1S/C14H11ClN4OS/c15-11-6-17-4-2-9(11)13(20)19-14-10(5-16)8-1-3-18-7-12(8)21-14/h2,4,6,18H,1,3,7H2,(H,19,20). The number of anilines is 1. The number of halogens is 1. The van der Waals surface area contributed by atoms with Crippen molar-refractivity contribution in [2.45, 2.75) is 13.0 Å². The molecule has 0 fully saturated rings. The number of fused-ring (bicyclic) bond motifs is 1. The van der Waals surface area contributed by atoms with Crippen LogP contribution in [0.15, 0.2) is 18.5 Å². The van der Waals surface area contributed by atoms with Crippen LogP contribution in [0, 0.1) is 11.3 Å². The Morgan fingerprint density at radius 2 is 2.43 bits per heavy atom. The van der Waals surface area contributed by atoms with Crippen LogP contribution in [0.5, 0.6) is 0 Å². The van der Waals surface area contributed by atoms with Crippen LogP contribution in [0.25, 0.3) is 0 Å². The van der Waals surface area contributed by atoms with Crippen LogP contribution in [0.3, 0.4) is 0 Å². The first-order valence-electron chi connectivity index (χ1n) is 6.37. The van der Waals surface area contributed by atoms with Crippen molar-refractivity contribution in [2.24, 2.45) is 0 Å². The quantitative estimate of drug-likeness (QED) is 0.892. The maximum atomic E-state index is 12.3. The number of rotatable bonds is 2. The Morgan fingerprint density at radius 3 is 3.19 bits per heavy atom. The smallest absolute Gasteiger partial charge is 0.257 e. The van der Waals surface area contributed by atoms with E-state index in [1.54, 1.807) is 6.07 Å². The highest BCUT2D eigenvalue weighted by Crippen LogP contribution is 2.35. The number of nitrogens with zero attached hydrogens (tertiary/aromatic N) is 2. The van der Waals surface area contributed by atoms with E-state index in [2.05, 4.69) is 21.7 Å². The van der Waals surface area contributed by atoms with Gasteiger partial charge in [0.2, 0.25) is 0 Å². The molecule has 0 aromatic carbocycles. The summed E-state index contributed by atoms with van der Waals surface area (Å²) in [4.78, 5) is 17.2. The first-order chi connectivity index (χ1) is 10.2. The molecule has 0 saturated heterocycles. The van der Waals surface area contributed by atoms with Crippen LogP contribution >= 0.6 is 22.9 Å². The number of nitrogens with one attached hydrogen (secondary N) is 2. The lowest BCUT2D eigenvalue weighted by Crippen LogP contribution is -2.22. The highest BCUT2D eigenvalue weighted by molar-refractivity contribution is 7.16. The summed E-state index contributed by atoms with van der Waals surface area (Å²) in [5.41, 5.74) is 1.95. The zero-order valence-corrected chi connectivity index (χ0v) is 12.5. The third-order valence-corrected chi connectivity index (χ3v) is 4.73. The van der Waals surface area contributed by atoms with Crippen molar-refractivity contribution in [1.29, 1.82) is 5.26 Å². The highest BCUT2D eigenvalue weighted by atomic mass is 35.5. The van der Waals surface area contributed by atoms with Gasteiger partial charge in [-0.2, -0.15) is 5.26 Å². The average molecular weight is 319 g/mol. The molecular weight excluding hydrogens is 308 g/mol. The molecule has 106 valence electrons. The molecule has 0 saturated carbocycles. The largest absolute Gasteiger partial charge is 0.312 e. The number of carbonyl (C=O) groups excluding carboxylic acids is 1. The topological polar surface area (TPSA) is 77.8 Å². The third kappa shape index (κ3) is 2.63. The molecule has 0 spiro atoms. The summed E-state index contributed by atoms with van der Waals surface area (Å²) in [7, 11) is 0. The van der Waals surface area contributed by atoms with E-state index in [4.69, 9.17) is 11.6 Å². The second-order valence-corrected chi connectivity index (χ2v) is 6.07. The third-order valence-electron chi connectivity index (χ3n) is 3.28. The fourth-order valence-corrected chi connectivity index (χ4v) is 3.64. The number of hydrogen-bond acceptors (Lipinski definition) is 5. The molecule has 0 bridgehead atoms. The van der Waals surface area contributed by atoms with E-state index < -0.39 is 0 Å². The van der Waals surface area contributed by atoms with Gasteiger partial charge in [0.05, 0.1) is 16.1 Å². The molecule has 5 nitrogen and oxygen atoms in total. The number of nitriles is 1. The minimum atomic E-state index is -0.328. The van der Waals surface area contributed by atoms with Gasteiger partial charge in [0.15, 0.2) is 0 Å². The molecule has 21 heavy (non-hydrogen) atoms. The lowest BCUT2D eigenvalue weighted by molar-refractivity contribution is 0.102. The van der Waals surface area contributed by atoms with Crippen molar-refractivity contribution in [3.05, 3.63) is 45.1 Å². The summed E-state index contributed by atoms with van der Waals surface area (Å²) in [5.74, 6) is -0.328. The van der Waals surface area contributed by atoms with E-state index in [0.29, 0.717) is 16.1 Å². The predicted molar refractivity (Wildman–Crippen MR) is 81.6 cm³/mol. The van der Waals surface area contributed by atoms with Gasteiger partial charge < -0.3 is 10.6 Å². The molecule has 3 rings (SSSR count). The van der Waals surface area contributed by atoms with Gasteiger partial charge in [0.25, 0.3) is 5.91 Å². The van der Waals surface area contributed by atoms with Gasteiger partial charge >= 0.3 is 0 Å². The highest BCUT2D eigenvalue weighted by Gasteiger charge is 2.22. The van der Waals surface area contributed by atoms with Crippen molar-refractivity contribution in [2.75, 3.05) is 11.9 Å². The second-order valence-electron chi connectivity index (χ2n) is 4.56. The molecule has 0 unspecified atom stereocenters. The van der Waals surface area contributed by atoms with Crippen LogP contribution in [-0.2, 0) is 13.0 Å². The van der Waals surface area contributed by atoms with Crippen molar-refractivity contribution in [3.63, 3.8) is 0 Å². The normalized spacial score (nSPS) is 13.3. The summed E-state index contributed by atoms with van der Waals surface area (Å²) < 4.78 is 0. The molecule has 2 N–H and O–H groups in total. The monoisotopic (exact) mass is 318 g/mol.